The van der Waals surface area contributed by atoms with E-state index >= 15 is 0 Å². The number of amides is 2. The molecule has 0 aliphatic carbocycles. The number of hydrogen-bond acceptors (Lipinski definition) is 4. The van der Waals surface area contributed by atoms with Crippen LogP contribution in [0.25, 0.3) is 0 Å². The molecule has 2 rings (SSSR count). The number of anilines is 2. The molecule has 1 heterocycles. The van der Waals surface area contributed by atoms with Gasteiger partial charge in [-0.3, -0.25) is 9.59 Å². The Morgan fingerprint density at radius 3 is 2.10 bits per heavy atom. The van der Waals surface area contributed by atoms with E-state index in [1.165, 1.54) is 20.2 Å². The van der Waals surface area contributed by atoms with Crippen LogP contribution in [-0.4, -0.2) is 23.9 Å². The number of carbonyl (C=O) groups excluding carboxylic acids is 2. The maximum absolute atomic E-state index is 12.0. The molecular formula is C15H15N3O3. The lowest BCUT2D eigenvalue weighted by Gasteiger charge is -2.07. The first-order valence-electron chi connectivity index (χ1n) is 6.27. The SMILES string of the molecule is COc1ccc(C(=O)Nc2ccc(NC(C)=O)cc2)cn1. The Morgan fingerprint density at radius 2 is 1.62 bits per heavy atom. The predicted molar refractivity (Wildman–Crippen MR) is 79.5 cm³/mol. The van der Waals surface area contributed by atoms with E-state index in [0.29, 0.717) is 22.8 Å². The lowest BCUT2D eigenvalue weighted by atomic mass is 10.2. The molecule has 0 unspecified atom stereocenters. The van der Waals surface area contributed by atoms with E-state index in [9.17, 15) is 9.59 Å². The third-order valence-electron chi connectivity index (χ3n) is 2.67. The Bertz CT molecular complexity index is 636. The van der Waals surface area contributed by atoms with E-state index in [-0.39, 0.29) is 11.8 Å². The van der Waals surface area contributed by atoms with Crippen LogP contribution in [-0.2, 0) is 4.79 Å². The molecule has 0 radical (unpaired) electrons. The van der Waals surface area contributed by atoms with Crippen LogP contribution >= 0.6 is 0 Å². The van der Waals surface area contributed by atoms with Crippen molar-refractivity contribution in [3.8, 4) is 5.88 Å². The average molecular weight is 285 g/mol. The summed E-state index contributed by atoms with van der Waals surface area (Å²) in [5, 5.41) is 5.40. The van der Waals surface area contributed by atoms with Crippen molar-refractivity contribution in [1.29, 1.82) is 0 Å². The highest BCUT2D eigenvalue weighted by molar-refractivity contribution is 6.04. The van der Waals surface area contributed by atoms with Crippen LogP contribution in [0.3, 0.4) is 0 Å². The summed E-state index contributed by atoms with van der Waals surface area (Å²) in [4.78, 5) is 26.9. The van der Waals surface area contributed by atoms with Crippen molar-refractivity contribution < 1.29 is 14.3 Å². The predicted octanol–water partition coefficient (Wildman–Crippen LogP) is 2.30. The van der Waals surface area contributed by atoms with Gasteiger partial charge in [-0.25, -0.2) is 4.98 Å². The molecule has 108 valence electrons. The minimum Gasteiger partial charge on any atom is -0.481 e. The molecule has 0 spiro atoms. The Hall–Kier alpha value is -2.89. The highest BCUT2D eigenvalue weighted by Crippen LogP contribution is 2.15. The van der Waals surface area contributed by atoms with Gasteiger partial charge in [0.1, 0.15) is 0 Å². The lowest BCUT2D eigenvalue weighted by Crippen LogP contribution is -2.12. The summed E-state index contributed by atoms with van der Waals surface area (Å²) in [5.41, 5.74) is 1.73. The van der Waals surface area contributed by atoms with Crippen LogP contribution in [0.5, 0.6) is 5.88 Å². The van der Waals surface area contributed by atoms with Gasteiger partial charge in [-0.1, -0.05) is 0 Å². The van der Waals surface area contributed by atoms with Crippen molar-refractivity contribution in [3.05, 3.63) is 48.2 Å². The van der Waals surface area contributed by atoms with E-state index in [1.54, 1.807) is 36.4 Å². The fourth-order valence-corrected chi connectivity index (χ4v) is 1.68. The normalized spacial score (nSPS) is 9.81. The summed E-state index contributed by atoms with van der Waals surface area (Å²) in [6.45, 7) is 1.44. The lowest BCUT2D eigenvalue weighted by molar-refractivity contribution is -0.114. The Kier molecular flexibility index (Phi) is 4.50. The molecular weight excluding hydrogens is 270 g/mol. The van der Waals surface area contributed by atoms with Crippen LogP contribution < -0.4 is 15.4 Å². The molecule has 1 aromatic heterocycles. The zero-order chi connectivity index (χ0) is 15.2. The summed E-state index contributed by atoms with van der Waals surface area (Å²) in [6, 6.07) is 10.1. The first-order valence-corrected chi connectivity index (χ1v) is 6.27. The molecule has 0 atom stereocenters. The summed E-state index contributed by atoms with van der Waals surface area (Å²) in [7, 11) is 1.51. The van der Waals surface area contributed by atoms with Gasteiger partial charge in [-0.15, -0.1) is 0 Å². The number of benzene rings is 1. The summed E-state index contributed by atoms with van der Waals surface area (Å²) >= 11 is 0. The molecule has 0 saturated heterocycles. The van der Waals surface area contributed by atoms with Crippen molar-refractivity contribution in [1.82, 2.24) is 4.98 Å². The molecule has 0 fully saturated rings. The van der Waals surface area contributed by atoms with E-state index in [0.717, 1.165) is 0 Å². The van der Waals surface area contributed by atoms with Gasteiger partial charge >= 0.3 is 0 Å². The molecule has 1 aromatic carbocycles. The molecule has 21 heavy (non-hydrogen) atoms. The second-order valence-corrected chi connectivity index (χ2v) is 4.30. The number of methoxy groups -OCH3 is 1. The number of aromatic nitrogens is 1. The highest BCUT2D eigenvalue weighted by Gasteiger charge is 2.07. The van der Waals surface area contributed by atoms with Gasteiger partial charge in [0, 0.05) is 30.6 Å². The topological polar surface area (TPSA) is 80.3 Å². The van der Waals surface area contributed by atoms with E-state index < -0.39 is 0 Å². The van der Waals surface area contributed by atoms with Gasteiger partial charge in [0.25, 0.3) is 5.91 Å². The van der Waals surface area contributed by atoms with Gasteiger partial charge in [-0.05, 0) is 30.3 Å². The summed E-state index contributed by atoms with van der Waals surface area (Å²) < 4.78 is 4.93. The quantitative estimate of drug-likeness (QED) is 0.903. The molecule has 2 N–H and O–H groups in total. The van der Waals surface area contributed by atoms with Crippen molar-refractivity contribution in [3.63, 3.8) is 0 Å². The number of rotatable bonds is 4. The molecule has 0 saturated carbocycles. The maximum atomic E-state index is 12.0. The number of hydrogen-bond donors (Lipinski definition) is 2. The Balaban J connectivity index is 2.03. The van der Waals surface area contributed by atoms with Crippen LogP contribution in [0.2, 0.25) is 0 Å². The van der Waals surface area contributed by atoms with Gasteiger partial charge in [0.05, 0.1) is 12.7 Å². The van der Waals surface area contributed by atoms with Crippen molar-refractivity contribution in [2.75, 3.05) is 17.7 Å². The molecule has 6 nitrogen and oxygen atoms in total. The number of pyridine rings is 1. The molecule has 0 aliphatic rings. The monoisotopic (exact) mass is 285 g/mol. The largest absolute Gasteiger partial charge is 0.481 e. The standard InChI is InChI=1S/C15H15N3O3/c1-10(19)17-12-4-6-13(7-5-12)18-15(20)11-3-8-14(21-2)16-9-11/h3-9H,1-2H3,(H,17,19)(H,18,20). The van der Waals surface area contributed by atoms with Crippen LogP contribution in [0.1, 0.15) is 17.3 Å². The summed E-state index contributed by atoms with van der Waals surface area (Å²) in [5.74, 6) is 0.0414. The first kappa shape index (κ1) is 14.5. The fraction of sp³-hybridized carbons (Fsp3) is 0.133. The van der Waals surface area contributed by atoms with Gasteiger partial charge in [0.15, 0.2) is 0 Å². The zero-order valence-corrected chi connectivity index (χ0v) is 11.7. The van der Waals surface area contributed by atoms with Crippen LogP contribution in [0, 0.1) is 0 Å². The fourth-order valence-electron chi connectivity index (χ4n) is 1.68. The molecule has 2 aromatic rings. The van der Waals surface area contributed by atoms with Gasteiger partial charge in [-0.2, -0.15) is 0 Å². The Morgan fingerprint density at radius 1 is 1.00 bits per heavy atom. The average Bonchev–Trinajstić information content (AvgIpc) is 2.49. The maximum Gasteiger partial charge on any atom is 0.257 e. The van der Waals surface area contributed by atoms with E-state index in [1.807, 2.05) is 0 Å². The van der Waals surface area contributed by atoms with Crippen LogP contribution in [0.15, 0.2) is 42.6 Å². The highest BCUT2D eigenvalue weighted by atomic mass is 16.5. The zero-order valence-electron chi connectivity index (χ0n) is 11.7. The van der Waals surface area contributed by atoms with Crippen LogP contribution in [0.4, 0.5) is 11.4 Å². The van der Waals surface area contributed by atoms with Crippen molar-refractivity contribution in [2.24, 2.45) is 0 Å². The molecule has 2 amide bonds. The van der Waals surface area contributed by atoms with E-state index in [4.69, 9.17) is 4.74 Å². The second-order valence-electron chi connectivity index (χ2n) is 4.30. The number of nitrogens with zero attached hydrogens (tertiary/aromatic N) is 1. The van der Waals surface area contributed by atoms with E-state index in [2.05, 4.69) is 15.6 Å². The molecule has 0 bridgehead atoms. The van der Waals surface area contributed by atoms with Crippen molar-refractivity contribution >= 4 is 23.2 Å². The number of nitrogens with one attached hydrogen (secondary N) is 2. The third-order valence-corrected chi connectivity index (χ3v) is 2.67. The van der Waals surface area contributed by atoms with Gasteiger partial charge < -0.3 is 15.4 Å². The Labute approximate surface area is 122 Å². The summed E-state index contributed by atoms with van der Waals surface area (Å²) in [6.07, 6.45) is 1.44. The van der Waals surface area contributed by atoms with Crippen molar-refractivity contribution in [2.45, 2.75) is 6.92 Å². The molecule has 6 heteroatoms. The minimum atomic E-state index is -0.266. The second kappa shape index (κ2) is 6.51. The molecule has 0 aliphatic heterocycles. The smallest absolute Gasteiger partial charge is 0.257 e. The third kappa shape index (κ3) is 4.04. The number of ether oxygens (including phenoxy) is 1. The number of carbonyl (C=O) groups is 2. The minimum absolute atomic E-state index is 0.143. The first-order chi connectivity index (χ1) is 10.1. The van der Waals surface area contributed by atoms with Gasteiger partial charge in [0.2, 0.25) is 11.8 Å².